The molecule has 1 saturated heterocycles. The Kier molecular flexibility index (Phi) is 2.98. The Morgan fingerprint density at radius 2 is 2.50 bits per heavy atom. The molecule has 1 aliphatic heterocycles. The van der Waals surface area contributed by atoms with E-state index in [-0.39, 0.29) is 6.10 Å². The molecule has 0 spiro atoms. The molecule has 5 heteroatoms. The first-order chi connectivity index (χ1) is 7.60. The Morgan fingerprint density at radius 1 is 1.69 bits per heavy atom. The number of nitrogens with zero attached hydrogens (tertiary/aromatic N) is 1. The summed E-state index contributed by atoms with van der Waals surface area (Å²) in [6.45, 7) is 2.95. The van der Waals surface area contributed by atoms with Gasteiger partial charge in [0.2, 0.25) is 0 Å². The molecule has 0 bridgehead atoms. The number of aliphatic hydroxyl groups is 1. The third kappa shape index (κ3) is 2.25. The SMILES string of the molecule is CC1OCCC1(O)CNc1ccc(N)nc1. The number of anilines is 2. The van der Waals surface area contributed by atoms with Gasteiger partial charge in [0.25, 0.3) is 0 Å². The lowest BCUT2D eigenvalue weighted by Crippen LogP contribution is -2.43. The van der Waals surface area contributed by atoms with Crippen molar-refractivity contribution in [1.82, 2.24) is 4.98 Å². The van der Waals surface area contributed by atoms with E-state index in [0.717, 1.165) is 5.69 Å². The highest BCUT2D eigenvalue weighted by molar-refractivity contribution is 5.45. The van der Waals surface area contributed by atoms with Gasteiger partial charge in [0.1, 0.15) is 11.4 Å². The monoisotopic (exact) mass is 223 g/mol. The van der Waals surface area contributed by atoms with Crippen molar-refractivity contribution in [2.75, 3.05) is 24.2 Å². The molecular formula is C11H17N3O2. The van der Waals surface area contributed by atoms with Crippen LogP contribution in [-0.2, 0) is 4.74 Å². The summed E-state index contributed by atoms with van der Waals surface area (Å²) in [6.07, 6.45) is 2.17. The largest absolute Gasteiger partial charge is 0.385 e. The molecule has 1 aliphatic rings. The average molecular weight is 223 g/mol. The third-order valence-corrected chi connectivity index (χ3v) is 3.04. The second-order valence-electron chi connectivity index (χ2n) is 4.19. The van der Waals surface area contributed by atoms with E-state index in [0.29, 0.717) is 25.4 Å². The normalized spacial score (nSPS) is 29.2. The van der Waals surface area contributed by atoms with E-state index < -0.39 is 5.60 Å². The topological polar surface area (TPSA) is 80.4 Å². The number of hydrogen-bond donors (Lipinski definition) is 3. The summed E-state index contributed by atoms with van der Waals surface area (Å²) >= 11 is 0. The summed E-state index contributed by atoms with van der Waals surface area (Å²) in [7, 11) is 0. The van der Waals surface area contributed by atoms with Crippen LogP contribution in [0.15, 0.2) is 18.3 Å². The van der Waals surface area contributed by atoms with Gasteiger partial charge in [-0.2, -0.15) is 0 Å². The van der Waals surface area contributed by atoms with Crippen LogP contribution in [0.4, 0.5) is 11.5 Å². The first kappa shape index (κ1) is 11.2. The zero-order chi connectivity index (χ0) is 11.6. The highest BCUT2D eigenvalue weighted by atomic mass is 16.5. The Labute approximate surface area is 94.6 Å². The molecule has 0 saturated carbocycles. The van der Waals surface area contributed by atoms with Gasteiger partial charge in [-0.15, -0.1) is 0 Å². The zero-order valence-electron chi connectivity index (χ0n) is 9.31. The minimum absolute atomic E-state index is 0.137. The number of aromatic nitrogens is 1. The van der Waals surface area contributed by atoms with E-state index in [9.17, 15) is 5.11 Å². The predicted octanol–water partition coefficient (Wildman–Crippen LogP) is 0.616. The number of nitrogens with two attached hydrogens (primary N) is 1. The van der Waals surface area contributed by atoms with Gasteiger partial charge in [-0.05, 0) is 19.1 Å². The fraction of sp³-hybridized carbons (Fsp3) is 0.545. The Balaban J connectivity index is 1.94. The van der Waals surface area contributed by atoms with Crippen LogP contribution in [0.2, 0.25) is 0 Å². The van der Waals surface area contributed by atoms with Crippen molar-refractivity contribution < 1.29 is 9.84 Å². The molecule has 4 N–H and O–H groups in total. The molecule has 0 radical (unpaired) electrons. The molecule has 1 aromatic rings. The van der Waals surface area contributed by atoms with Crippen LogP contribution in [0.5, 0.6) is 0 Å². The fourth-order valence-electron chi connectivity index (χ4n) is 1.77. The highest BCUT2D eigenvalue weighted by Crippen LogP contribution is 2.25. The van der Waals surface area contributed by atoms with Crippen molar-refractivity contribution in [3.05, 3.63) is 18.3 Å². The predicted molar refractivity (Wildman–Crippen MR) is 62.1 cm³/mol. The molecule has 2 rings (SSSR count). The number of rotatable bonds is 3. The number of nitrogens with one attached hydrogen (secondary N) is 1. The molecule has 2 atom stereocenters. The second kappa shape index (κ2) is 4.27. The molecule has 16 heavy (non-hydrogen) atoms. The van der Waals surface area contributed by atoms with Crippen molar-refractivity contribution >= 4 is 11.5 Å². The summed E-state index contributed by atoms with van der Waals surface area (Å²) in [5.41, 5.74) is 5.54. The van der Waals surface area contributed by atoms with Gasteiger partial charge in [-0.3, -0.25) is 0 Å². The van der Waals surface area contributed by atoms with E-state index >= 15 is 0 Å². The first-order valence-electron chi connectivity index (χ1n) is 5.39. The molecule has 2 unspecified atom stereocenters. The summed E-state index contributed by atoms with van der Waals surface area (Å²) in [6, 6.07) is 3.56. The third-order valence-electron chi connectivity index (χ3n) is 3.04. The number of pyridine rings is 1. The second-order valence-corrected chi connectivity index (χ2v) is 4.19. The molecule has 0 aromatic carbocycles. The Morgan fingerprint density at radius 3 is 3.06 bits per heavy atom. The van der Waals surface area contributed by atoms with E-state index in [1.165, 1.54) is 0 Å². The summed E-state index contributed by atoms with van der Waals surface area (Å²) < 4.78 is 5.35. The van der Waals surface area contributed by atoms with Crippen LogP contribution in [-0.4, -0.2) is 34.9 Å². The van der Waals surface area contributed by atoms with Gasteiger partial charge in [0.15, 0.2) is 0 Å². The standard InChI is InChI=1S/C11H17N3O2/c1-8-11(15,4-5-16-8)7-14-9-2-3-10(12)13-6-9/h2-3,6,8,14-15H,4-5,7H2,1H3,(H2,12,13). The van der Waals surface area contributed by atoms with Crippen LogP contribution in [0.25, 0.3) is 0 Å². The van der Waals surface area contributed by atoms with Gasteiger partial charge in [0.05, 0.1) is 18.0 Å². The minimum atomic E-state index is -0.790. The first-order valence-corrected chi connectivity index (χ1v) is 5.39. The maximum Gasteiger partial charge on any atom is 0.123 e. The van der Waals surface area contributed by atoms with E-state index in [2.05, 4.69) is 10.3 Å². The van der Waals surface area contributed by atoms with E-state index in [4.69, 9.17) is 10.5 Å². The molecule has 0 amide bonds. The molecule has 0 aliphatic carbocycles. The molecule has 1 fully saturated rings. The van der Waals surface area contributed by atoms with E-state index in [1.54, 1.807) is 12.3 Å². The van der Waals surface area contributed by atoms with Crippen molar-refractivity contribution in [2.45, 2.75) is 25.0 Å². The Bertz CT molecular complexity index is 355. The van der Waals surface area contributed by atoms with Crippen LogP contribution in [0, 0.1) is 0 Å². The van der Waals surface area contributed by atoms with Gasteiger partial charge in [0, 0.05) is 19.6 Å². The van der Waals surface area contributed by atoms with Crippen LogP contribution >= 0.6 is 0 Å². The molecular weight excluding hydrogens is 206 g/mol. The molecule has 1 aromatic heterocycles. The van der Waals surface area contributed by atoms with Gasteiger partial charge in [-0.25, -0.2) is 4.98 Å². The van der Waals surface area contributed by atoms with Gasteiger partial charge < -0.3 is 20.9 Å². The lowest BCUT2D eigenvalue weighted by atomic mass is 9.97. The summed E-state index contributed by atoms with van der Waals surface area (Å²) in [5.74, 6) is 0.488. The lowest BCUT2D eigenvalue weighted by molar-refractivity contribution is -0.0175. The Hall–Kier alpha value is -1.33. The average Bonchev–Trinajstić information content (AvgIpc) is 2.59. The quantitative estimate of drug-likeness (QED) is 0.699. The maximum atomic E-state index is 10.2. The number of hydrogen-bond acceptors (Lipinski definition) is 5. The zero-order valence-corrected chi connectivity index (χ0v) is 9.31. The number of nitrogen functional groups attached to an aromatic ring is 1. The van der Waals surface area contributed by atoms with Crippen LogP contribution in [0.1, 0.15) is 13.3 Å². The highest BCUT2D eigenvalue weighted by Gasteiger charge is 2.39. The minimum Gasteiger partial charge on any atom is -0.385 e. The molecule has 2 heterocycles. The smallest absolute Gasteiger partial charge is 0.123 e. The van der Waals surface area contributed by atoms with Gasteiger partial charge >= 0.3 is 0 Å². The van der Waals surface area contributed by atoms with Gasteiger partial charge in [-0.1, -0.05) is 0 Å². The lowest BCUT2D eigenvalue weighted by Gasteiger charge is -2.26. The van der Waals surface area contributed by atoms with Crippen molar-refractivity contribution in [3.63, 3.8) is 0 Å². The van der Waals surface area contributed by atoms with Crippen molar-refractivity contribution in [2.24, 2.45) is 0 Å². The van der Waals surface area contributed by atoms with Crippen molar-refractivity contribution in [3.8, 4) is 0 Å². The van der Waals surface area contributed by atoms with E-state index in [1.807, 2.05) is 13.0 Å². The van der Waals surface area contributed by atoms with Crippen molar-refractivity contribution in [1.29, 1.82) is 0 Å². The molecule has 88 valence electrons. The maximum absolute atomic E-state index is 10.2. The molecule has 5 nitrogen and oxygen atoms in total. The number of ether oxygens (including phenoxy) is 1. The summed E-state index contributed by atoms with van der Waals surface area (Å²) in [5, 5.41) is 13.4. The van der Waals surface area contributed by atoms with Crippen LogP contribution < -0.4 is 11.1 Å². The summed E-state index contributed by atoms with van der Waals surface area (Å²) in [4.78, 5) is 3.97. The van der Waals surface area contributed by atoms with Crippen LogP contribution in [0.3, 0.4) is 0 Å². The fourth-order valence-corrected chi connectivity index (χ4v) is 1.77.